The van der Waals surface area contributed by atoms with Crippen LogP contribution in [0.25, 0.3) is 0 Å². The fourth-order valence-corrected chi connectivity index (χ4v) is 6.23. The Kier molecular flexibility index (Phi) is 2.43. The van der Waals surface area contributed by atoms with Gasteiger partial charge in [0.1, 0.15) is 0 Å². The summed E-state index contributed by atoms with van der Waals surface area (Å²) >= 11 is -0.208. The zero-order valence-electron chi connectivity index (χ0n) is 4.91. The van der Waals surface area contributed by atoms with Gasteiger partial charge in [0, 0.05) is 0 Å². The number of hydrogen-bond donors (Lipinski definition) is 0. The first kappa shape index (κ1) is 5.86. The second-order valence-corrected chi connectivity index (χ2v) is 8.84. The van der Waals surface area contributed by atoms with Crippen molar-refractivity contribution >= 4 is 19.8 Å². The molecule has 0 amide bonds. The summed E-state index contributed by atoms with van der Waals surface area (Å²) in [6, 6.07) is 0. The molecule has 0 atom stereocenters. The van der Waals surface area contributed by atoms with Gasteiger partial charge in [-0.25, -0.2) is 0 Å². The van der Waals surface area contributed by atoms with Crippen LogP contribution >= 0.6 is 19.8 Å². The third-order valence-corrected chi connectivity index (χ3v) is 8.16. The predicted molar refractivity (Wildman–Crippen MR) is 43.5 cm³/mol. The van der Waals surface area contributed by atoms with Crippen molar-refractivity contribution in [3.05, 3.63) is 0 Å². The molecule has 0 aromatic heterocycles. The van der Waals surface area contributed by atoms with Crippen molar-refractivity contribution in [2.24, 2.45) is 0 Å². The van der Waals surface area contributed by atoms with E-state index < -0.39 is 0 Å². The minimum absolute atomic E-state index is 0.208. The summed E-state index contributed by atoms with van der Waals surface area (Å²) in [4.78, 5) is 0. The Balaban J connectivity index is 2.14. The molecule has 0 aliphatic carbocycles. The Hall–Kier alpha value is 0.730. The molecule has 44 valence electrons. The third-order valence-electron chi connectivity index (χ3n) is 1.43. The van der Waals surface area contributed by atoms with Crippen molar-refractivity contribution in [2.75, 3.05) is 13.3 Å². The molecule has 0 saturated carbocycles. The Morgan fingerprint density at radius 2 is 1.86 bits per heavy atom. The summed E-state index contributed by atoms with van der Waals surface area (Å²) in [5.41, 5.74) is 0. The fourth-order valence-electron chi connectivity index (χ4n) is 0.929. The molecule has 1 aliphatic rings. The molecule has 1 heteroatoms. The van der Waals surface area contributed by atoms with Crippen LogP contribution in [0.2, 0.25) is 0 Å². The molecule has 1 rings (SSSR count). The van der Waals surface area contributed by atoms with Crippen molar-refractivity contribution in [1.29, 1.82) is 0 Å². The zero-order chi connectivity index (χ0) is 5.11. The minimum atomic E-state index is -0.208. The third kappa shape index (κ3) is 1.59. The molecule has 1 heterocycles. The van der Waals surface area contributed by atoms with Gasteiger partial charge in [0.25, 0.3) is 0 Å². The molecule has 0 nitrogen and oxygen atoms in total. The predicted octanol–water partition coefficient (Wildman–Crippen LogP) is 2.31. The van der Waals surface area contributed by atoms with E-state index in [9.17, 15) is 0 Å². The summed E-state index contributed by atoms with van der Waals surface area (Å²) in [7, 11) is 0. The van der Waals surface area contributed by atoms with E-state index in [0.29, 0.717) is 0 Å². The summed E-state index contributed by atoms with van der Waals surface area (Å²) in [5.74, 6) is 0. The first-order chi connectivity index (χ1) is 3.43. The van der Waals surface area contributed by atoms with Crippen molar-refractivity contribution < 1.29 is 0 Å². The standard InChI is InChI=1S/C6H13I/c1-2-7-5-3-4-6-7/h2-6H2,1H3. The van der Waals surface area contributed by atoms with Gasteiger partial charge in [-0.3, -0.25) is 0 Å². The first-order valence-electron chi connectivity index (χ1n) is 3.01. The van der Waals surface area contributed by atoms with E-state index >= 15 is 0 Å². The van der Waals surface area contributed by atoms with Gasteiger partial charge in [-0.05, 0) is 0 Å². The normalized spacial score (nSPS) is 26.1. The molecule has 1 saturated heterocycles. The van der Waals surface area contributed by atoms with Crippen molar-refractivity contribution in [1.82, 2.24) is 0 Å². The van der Waals surface area contributed by atoms with Crippen LogP contribution in [0.3, 0.4) is 0 Å². The molecular formula is C6H13I. The summed E-state index contributed by atoms with van der Waals surface area (Å²) in [6.45, 7) is 2.37. The number of rotatable bonds is 1. The molecule has 7 heavy (non-hydrogen) atoms. The van der Waals surface area contributed by atoms with Crippen LogP contribution in [0.15, 0.2) is 0 Å². The molecule has 0 aromatic carbocycles. The molecule has 1 aliphatic heterocycles. The van der Waals surface area contributed by atoms with E-state index in [-0.39, 0.29) is 19.8 Å². The maximum absolute atomic E-state index is 2.37. The number of halogens is 1. The Morgan fingerprint density at radius 3 is 2.14 bits per heavy atom. The second kappa shape index (κ2) is 2.90. The molecule has 0 N–H and O–H groups in total. The Labute approximate surface area is 53.1 Å². The average molecular weight is 212 g/mol. The molecule has 0 spiro atoms. The summed E-state index contributed by atoms with van der Waals surface area (Å²) < 4.78 is 4.91. The van der Waals surface area contributed by atoms with Gasteiger partial charge in [-0.2, -0.15) is 0 Å². The topological polar surface area (TPSA) is 0 Å². The van der Waals surface area contributed by atoms with Gasteiger partial charge < -0.3 is 0 Å². The maximum atomic E-state index is 2.37. The van der Waals surface area contributed by atoms with Crippen LogP contribution in [0.1, 0.15) is 19.8 Å². The van der Waals surface area contributed by atoms with Gasteiger partial charge in [-0.1, -0.05) is 0 Å². The summed E-state index contributed by atoms with van der Waals surface area (Å²) in [5, 5.41) is 0. The van der Waals surface area contributed by atoms with Crippen LogP contribution in [0.4, 0.5) is 0 Å². The Morgan fingerprint density at radius 1 is 1.29 bits per heavy atom. The average Bonchev–Trinajstić information content (AvgIpc) is 2.14. The quantitative estimate of drug-likeness (QED) is 0.462. The molecule has 0 bridgehead atoms. The van der Waals surface area contributed by atoms with Crippen molar-refractivity contribution in [2.45, 2.75) is 19.8 Å². The van der Waals surface area contributed by atoms with Crippen LogP contribution in [-0.2, 0) is 0 Å². The van der Waals surface area contributed by atoms with Gasteiger partial charge >= 0.3 is 52.9 Å². The molecule has 1 fully saturated rings. The van der Waals surface area contributed by atoms with Crippen LogP contribution in [0, 0.1) is 0 Å². The van der Waals surface area contributed by atoms with E-state index in [1.54, 1.807) is 26.1 Å². The van der Waals surface area contributed by atoms with Crippen molar-refractivity contribution in [3.8, 4) is 0 Å². The van der Waals surface area contributed by atoms with Crippen LogP contribution in [-0.4, -0.2) is 13.3 Å². The van der Waals surface area contributed by atoms with Crippen LogP contribution < -0.4 is 0 Å². The van der Waals surface area contributed by atoms with Crippen molar-refractivity contribution in [3.63, 3.8) is 0 Å². The monoisotopic (exact) mass is 212 g/mol. The Bertz CT molecular complexity index is 46.1. The summed E-state index contributed by atoms with van der Waals surface area (Å²) in [6.07, 6.45) is 3.14. The van der Waals surface area contributed by atoms with E-state index in [2.05, 4.69) is 6.92 Å². The molecular weight excluding hydrogens is 199 g/mol. The SMILES string of the molecule is CCI1CCCC1. The number of hydrogen-bond acceptors (Lipinski definition) is 0. The van der Waals surface area contributed by atoms with Gasteiger partial charge in [0.2, 0.25) is 0 Å². The molecule has 0 radical (unpaired) electrons. The van der Waals surface area contributed by atoms with E-state index in [0.717, 1.165) is 0 Å². The molecule has 0 aromatic rings. The van der Waals surface area contributed by atoms with E-state index in [1.165, 1.54) is 0 Å². The van der Waals surface area contributed by atoms with E-state index in [4.69, 9.17) is 0 Å². The molecule has 0 unspecified atom stereocenters. The first-order valence-corrected chi connectivity index (χ1v) is 7.59. The zero-order valence-corrected chi connectivity index (χ0v) is 7.07. The van der Waals surface area contributed by atoms with Gasteiger partial charge in [0.05, 0.1) is 0 Å². The van der Waals surface area contributed by atoms with Gasteiger partial charge in [-0.15, -0.1) is 0 Å². The fraction of sp³-hybridized carbons (Fsp3) is 1.00. The van der Waals surface area contributed by atoms with Crippen LogP contribution in [0.5, 0.6) is 0 Å². The van der Waals surface area contributed by atoms with E-state index in [1.807, 2.05) is 0 Å². The van der Waals surface area contributed by atoms with Gasteiger partial charge in [0.15, 0.2) is 0 Å². The second-order valence-electron chi connectivity index (χ2n) is 1.92. The number of alkyl halides is 3.